The van der Waals surface area contributed by atoms with Gasteiger partial charge in [0, 0.05) is 17.1 Å². The van der Waals surface area contributed by atoms with Crippen molar-refractivity contribution >= 4 is 27.7 Å². The van der Waals surface area contributed by atoms with Crippen LogP contribution in [0.4, 0.5) is 0 Å². The summed E-state index contributed by atoms with van der Waals surface area (Å²) in [4.78, 5) is 27.1. The maximum atomic E-state index is 13.0. The smallest absolute Gasteiger partial charge is 0.261 e. The number of carbonyl (C=O) groups excluding carboxylic acids is 2. The predicted octanol–water partition coefficient (Wildman–Crippen LogP) is 4.09. The molecule has 1 N–H and O–H groups in total. The van der Waals surface area contributed by atoms with Gasteiger partial charge in [0.2, 0.25) is 5.91 Å². The van der Waals surface area contributed by atoms with Crippen LogP contribution in [0.2, 0.25) is 0 Å². The summed E-state index contributed by atoms with van der Waals surface area (Å²) in [6, 6.07) is 12.3. The summed E-state index contributed by atoms with van der Waals surface area (Å²) < 4.78 is 11.9. The van der Waals surface area contributed by atoms with Crippen LogP contribution in [0.5, 0.6) is 11.5 Å². The first-order valence-corrected chi connectivity index (χ1v) is 10.6. The van der Waals surface area contributed by atoms with Crippen LogP contribution >= 0.6 is 15.9 Å². The van der Waals surface area contributed by atoms with E-state index in [1.54, 1.807) is 20.1 Å². The molecular weight excluding hydrogens is 448 g/mol. The van der Waals surface area contributed by atoms with Crippen molar-refractivity contribution in [3.05, 3.63) is 58.1 Å². The Morgan fingerprint density at radius 2 is 1.70 bits per heavy atom. The minimum atomic E-state index is -0.641. The van der Waals surface area contributed by atoms with E-state index in [-0.39, 0.29) is 31.0 Å². The molecule has 1 atom stereocenters. The number of hydrogen-bond acceptors (Lipinski definition) is 4. The third kappa shape index (κ3) is 6.76. The van der Waals surface area contributed by atoms with Gasteiger partial charge in [0.05, 0.1) is 7.11 Å². The van der Waals surface area contributed by atoms with Crippen LogP contribution in [0, 0.1) is 6.92 Å². The summed E-state index contributed by atoms with van der Waals surface area (Å²) in [5.74, 6) is 0.869. The molecular formula is C23H29BrN2O4. The van der Waals surface area contributed by atoms with Crippen LogP contribution in [0.25, 0.3) is 0 Å². The van der Waals surface area contributed by atoms with Crippen LogP contribution in [0.3, 0.4) is 0 Å². The highest BCUT2D eigenvalue weighted by atomic mass is 79.9. The van der Waals surface area contributed by atoms with Crippen molar-refractivity contribution in [3.63, 3.8) is 0 Å². The second-order valence-corrected chi connectivity index (χ2v) is 8.26. The normalized spacial score (nSPS) is 11.7. The first-order chi connectivity index (χ1) is 14.2. The van der Waals surface area contributed by atoms with Crippen LogP contribution < -0.4 is 14.8 Å². The number of amides is 2. The van der Waals surface area contributed by atoms with Gasteiger partial charge in [-0.15, -0.1) is 0 Å². The molecule has 0 heterocycles. The number of benzene rings is 2. The molecule has 0 spiro atoms. The van der Waals surface area contributed by atoms with Crippen LogP contribution in [-0.2, 0) is 16.1 Å². The number of nitrogens with one attached hydrogen (secondary N) is 1. The van der Waals surface area contributed by atoms with E-state index in [1.807, 2.05) is 57.2 Å². The molecule has 0 aromatic heterocycles. The minimum absolute atomic E-state index is 0.0140. The Balaban J connectivity index is 2.16. The first-order valence-electron chi connectivity index (χ1n) is 9.83. The van der Waals surface area contributed by atoms with E-state index < -0.39 is 6.04 Å². The highest BCUT2D eigenvalue weighted by molar-refractivity contribution is 9.10. The molecule has 0 radical (unpaired) electrons. The second kappa shape index (κ2) is 11.0. The molecule has 0 aliphatic rings. The number of nitrogens with zero attached hydrogens (tertiary/aromatic N) is 1. The monoisotopic (exact) mass is 476 g/mol. The van der Waals surface area contributed by atoms with Crippen LogP contribution in [0.15, 0.2) is 46.9 Å². The second-order valence-electron chi connectivity index (χ2n) is 7.41. The van der Waals surface area contributed by atoms with Gasteiger partial charge < -0.3 is 19.7 Å². The van der Waals surface area contributed by atoms with E-state index in [4.69, 9.17) is 9.47 Å². The van der Waals surface area contributed by atoms with Crippen molar-refractivity contribution in [2.24, 2.45) is 0 Å². The summed E-state index contributed by atoms with van der Waals surface area (Å²) in [5.41, 5.74) is 1.91. The fourth-order valence-corrected chi connectivity index (χ4v) is 3.10. The van der Waals surface area contributed by atoms with Crippen molar-refractivity contribution in [1.29, 1.82) is 0 Å². The lowest BCUT2D eigenvalue weighted by Crippen LogP contribution is -2.50. The van der Waals surface area contributed by atoms with Gasteiger partial charge in [0.1, 0.15) is 17.5 Å². The molecule has 0 unspecified atom stereocenters. The maximum absolute atomic E-state index is 13.0. The Kier molecular flexibility index (Phi) is 8.72. The molecule has 0 aliphatic heterocycles. The molecule has 30 heavy (non-hydrogen) atoms. The van der Waals surface area contributed by atoms with Crippen LogP contribution in [-0.4, -0.2) is 42.5 Å². The quantitative estimate of drug-likeness (QED) is 0.591. The number of carbonyl (C=O) groups is 2. The number of hydrogen-bond donors (Lipinski definition) is 1. The van der Waals surface area contributed by atoms with Gasteiger partial charge in [-0.3, -0.25) is 9.59 Å². The first kappa shape index (κ1) is 23.7. The van der Waals surface area contributed by atoms with Gasteiger partial charge in [-0.05, 0) is 69.2 Å². The Labute approximate surface area is 186 Å². The standard InChI is InChI=1S/C23H29BrN2O4/c1-15(2)25-23(28)17(4)26(13-18-6-8-19(29-5)9-7-18)22(27)14-30-20-10-11-21(24)16(3)12-20/h6-12,15,17H,13-14H2,1-5H3,(H,25,28)/t17-/m1/s1. The number of methoxy groups -OCH3 is 1. The molecule has 2 aromatic carbocycles. The Hall–Kier alpha value is -2.54. The summed E-state index contributed by atoms with van der Waals surface area (Å²) in [7, 11) is 1.60. The van der Waals surface area contributed by atoms with Crippen molar-refractivity contribution in [2.75, 3.05) is 13.7 Å². The third-order valence-electron chi connectivity index (χ3n) is 4.60. The summed E-state index contributed by atoms with van der Waals surface area (Å²) in [5, 5.41) is 2.87. The topological polar surface area (TPSA) is 67.9 Å². The van der Waals surface area contributed by atoms with Gasteiger partial charge in [-0.2, -0.15) is 0 Å². The molecule has 2 rings (SSSR count). The minimum Gasteiger partial charge on any atom is -0.497 e. The fourth-order valence-electron chi connectivity index (χ4n) is 2.85. The summed E-state index contributed by atoms with van der Waals surface area (Å²) >= 11 is 3.45. The molecule has 0 saturated carbocycles. The van der Waals surface area contributed by atoms with Crippen LogP contribution in [0.1, 0.15) is 31.9 Å². The van der Waals surface area contributed by atoms with E-state index in [2.05, 4.69) is 21.2 Å². The zero-order valence-corrected chi connectivity index (χ0v) is 19.7. The molecule has 0 aliphatic carbocycles. The van der Waals surface area contributed by atoms with Gasteiger partial charge in [-0.25, -0.2) is 0 Å². The van der Waals surface area contributed by atoms with Gasteiger partial charge >= 0.3 is 0 Å². The Morgan fingerprint density at radius 1 is 1.07 bits per heavy atom. The molecule has 6 nitrogen and oxygen atoms in total. The van der Waals surface area contributed by atoms with Crippen molar-refractivity contribution < 1.29 is 19.1 Å². The number of halogens is 1. The van der Waals surface area contributed by atoms with E-state index in [9.17, 15) is 9.59 Å². The maximum Gasteiger partial charge on any atom is 0.261 e. The number of aryl methyl sites for hydroxylation is 1. The molecule has 0 bridgehead atoms. The van der Waals surface area contributed by atoms with E-state index in [0.29, 0.717) is 5.75 Å². The highest BCUT2D eigenvalue weighted by Crippen LogP contribution is 2.22. The lowest BCUT2D eigenvalue weighted by atomic mass is 10.1. The SMILES string of the molecule is COc1ccc(CN(C(=O)COc2ccc(Br)c(C)c2)[C@H](C)C(=O)NC(C)C)cc1. The molecule has 162 valence electrons. The van der Waals surface area contributed by atoms with Gasteiger partial charge in [0.25, 0.3) is 5.91 Å². The lowest BCUT2D eigenvalue weighted by molar-refractivity contribution is -0.142. The van der Waals surface area contributed by atoms with Crippen molar-refractivity contribution in [2.45, 2.75) is 46.3 Å². The van der Waals surface area contributed by atoms with Crippen molar-refractivity contribution in [1.82, 2.24) is 10.2 Å². The zero-order valence-electron chi connectivity index (χ0n) is 18.1. The largest absolute Gasteiger partial charge is 0.497 e. The fraction of sp³-hybridized carbons (Fsp3) is 0.391. The summed E-state index contributed by atoms with van der Waals surface area (Å²) in [6.07, 6.45) is 0. The highest BCUT2D eigenvalue weighted by Gasteiger charge is 2.27. The molecule has 2 amide bonds. The van der Waals surface area contributed by atoms with E-state index >= 15 is 0 Å². The van der Waals surface area contributed by atoms with E-state index in [0.717, 1.165) is 21.3 Å². The number of ether oxygens (including phenoxy) is 2. The Bertz CT molecular complexity index is 868. The predicted molar refractivity (Wildman–Crippen MR) is 121 cm³/mol. The van der Waals surface area contributed by atoms with E-state index in [1.165, 1.54) is 4.90 Å². The lowest BCUT2D eigenvalue weighted by Gasteiger charge is -2.29. The average molecular weight is 477 g/mol. The number of rotatable bonds is 9. The van der Waals surface area contributed by atoms with Gasteiger partial charge in [-0.1, -0.05) is 28.1 Å². The third-order valence-corrected chi connectivity index (χ3v) is 5.49. The molecule has 7 heteroatoms. The molecule has 2 aromatic rings. The average Bonchev–Trinajstić information content (AvgIpc) is 2.72. The molecule has 0 saturated heterocycles. The zero-order chi connectivity index (χ0) is 22.3. The summed E-state index contributed by atoms with van der Waals surface area (Å²) in [6.45, 7) is 7.59. The van der Waals surface area contributed by atoms with Gasteiger partial charge in [0.15, 0.2) is 6.61 Å². The Morgan fingerprint density at radius 3 is 2.27 bits per heavy atom. The van der Waals surface area contributed by atoms with Crippen molar-refractivity contribution in [3.8, 4) is 11.5 Å². The molecule has 0 fully saturated rings.